The van der Waals surface area contributed by atoms with E-state index in [1.54, 1.807) is 19.2 Å². The lowest BCUT2D eigenvalue weighted by Crippen LogP contribution is -2.03. The van der Waals surface area contributed by atoms with E-state index in [0.29, 0.717) is 0 Å². The number of sulfone groups is 1. The molecular weight excluding hydrogens is 254 g/mol. The van der Waals surface area contributed by atoms with Gasteiger partial charge in [-0.25, -0.2) is 8.42 Å². The molecule has 0 fully saturated rings. The van der Waals surface area contributed by atoms with Gasteiger partial charge in [0, 0.05) is 22.6 Å². The molecule has 0 atom stereocenters. The second-order valence-corrected chi connectivity index (χ2v) is 6.02. The number of rotatable bonds is 2. The quantitative estimate of drug-likeness (QED) is 0.816. The largest absolute Gasteiger partial charge is 0.260 e. The molecule has 0 unspecified atom stereocenters. The minimum Gasteiger partial charge on any atom is -0.260 e. The van der Waals surface area contributed by atoms with Crippen LogP contribution in [0, 0.1) is 6.92 Å². The van der Waals surface area contributed by atoms with Crippen molar-refractivity contribution in [2.75, 3.05) is 6.26 Å². The molecule has 5 heteroatoms. The van der Waals surface area contributed by atoms with Crippen LogP contribution in [0.2, 0.25) is 0 Å². The standard InChI is InChI=1S/C8H10BrNO2S/c1-6-7(5-13(2,11)12)3-8(9)4-10-6/h3-4H,5H2,1-2H3. The Morgan fingerprint density at radius 1 is 1.54 bits per heavy atom. The van der Waals surface area contributed by atoms with Gasteiger partial charge in [0.15, 0.2) is 9.84 Å². The fourth-order valence-electron chi connectivity index (χ4n) is 0.978. The lowest BCUT2D eigenvalue weighted by Gasteiger charge is -2.03. The Morgan fingerprint density at radius 2 is 2.15 bits per heavy atom. The van der Waals surface area contributed by atoms with Crippen molar-refractivity contribution in [3.63, 3.8) is 0 Å². The third-order valence-electron chi connectivity index (χ3n) is 1.58. The molecule has 1 heterocycles. The van der Waals surface area contributed by atoms with Crippen LogP contribution in [-0.2, 0) is 15.6 Å². The van der Waals surface area contributed by atoms with Crippen LogP contribution in [0.25, 0.3) is 0 Å². The number of aromatic nitrogens is 1. The molecule has 0 aliphatic rings. The molecule has 0 aliphatic carbocycles. The first kappa shape index (κ1) is 10.7. The van der Waals surface area contributed by atoms with Gasteiger partial charge >= 0.3 is 0 Å². The van der Waals surface area contributed by atoms with Crippen molar-refractivity contribution in [2.45, 2.75) is 12.7 Å². The first-order valence-corrected chi connectivity index (χ1v) is 6.52. The Balaban J connectivity index is 3.08. The molecule has 0 aliphatic heterocycles. The van der Waals surface area contributed by atoms with E-state index in [0.717, 1.165) is 15.7 Å². The molecule has 0 bridgehead atoms. The maximum atomic E-state index is 11.0. The third-order valence-corrected chi connectivity index (χ3v) is 2.85. The average Bonchev–Trinajstić information content (AvgIpc) is 1.94. The summed E-state index contributed by atoms with van der Waals surface area (Å²) in [4.78, 5) is 4.05. The van der Waals surface area contributed by atoms with Crippen LogP contribution in [0.15, 0.2) is 16.7 Å². The zero-order valence-electron chi connectivity index (χ0n) is 7.41. The lowest BCUT2D eigenvalue weighted by molar-refractivity contribution is 0.601. The molecular formula is C8H10BrNO2S. The van der Waals surface area contributed by atoms with Crippen LogP contribution in [-0.4, -0.2) is 19.7 Å². The predicted molar refractivity (Wildman–Crippen MR) is 55.2 cm³/mol. The number of pyridine rings is 1. The monoisotopic (exact) mass is 263 g/mol. The Bertz CT molecular complexity index is 414. The summed E-state index contributed by atoms with van der Waals surface area (Å²) < 4.78 is 22.8. The van der Waals surface area contributed by atoms with Crippen molar-refractivity contribution < 1.29 is 8.42 Å². The van der Waals surface area contributed by atoms with Gasteiger partial charge in [-0.1, -0.05) is 0 Å². The van der Waals surface area contributed by atoms with Gasteiger partial charge in [-0.2, -0.15) is 0 Å². The molecule has 0 spiro atoms. The van der Waals surface area contributed by atoms with Gasteiger partial charge in [0.1, 0.15) is 0 Å². The highest BCUT2D eigenvalue weighted by Gasteiger charge is 2.08. The first-order valence-electron chi connectivity index (χ1n) is 3.67. The Hall–Kier alpha value is -0.420. The van der Waals surface area contributed by atoms with E-state index in [4.69, 9.17) is 0 Å². The maximum Gasteiger partial charge on any atom is 0.151 e. The van der Waals surface area contributed by atoms with Crippen LogP contribution in [0.3, 0.4) is 0 Å². The molecule has 1 aromatic heterocycles. The lowest BCUT2D eigenvalue weighted by atomic mass is 10.2. The van der Waals surface area contributed by atoms with Gasteiger partial charge in [-0.05, 0) is 34.5 Å². The van der Waals surface area contributed by atoms with Crippen LogP contribution in [0.1, 0.15) is 11.3 Å². The summed E-state index contributed by atoms with van der Waals surface area (Å²) >= 11 is 3.25. The molecule has 0 saturated carbocycles. The van der Waals surface area contributed by atoms with Crippen molar-refractivity contribution in [1.29, 1.82) is 0 Å². The van der Waals surface area contributed by atoms with Crippen LogP contribution in [0.5, 0.6) is 0 Å². The summed E-state index contributed by atoms with van der Waals surface area (Å²) in [6, 6.07) is 1.78. The highest BCUT2D eigenvalue weighted by Crippen LogP contribution is 2.15. The molecule has 0 radical (unpaired) electrons. The number of nitrogens with zero attached hydrogens (tertiary/aromatic N) is 1. The van der Waals surface area contributed by atoms with Crippen molar-refractivity contribution in [3.8, 4) is 0 Å². The second kappa shape index (κ2) is 3.75. The zero-order valence-corrected chi connectivity index (χ0v) is 9.81. The van der Waals surface area contributed by atoms with Gasteiger partial charge in [-0.15, -0.1) is 0 Å². The fraction of sp³-hybridized carbons (Fsp3) is 0.375. The predicted octanol–water partition coefficient (Wildman–Crippen LogP) is 1.70. The smallest absolute Gasteiger partial charge is 0.151 e. The highest BCUT2D eigenvalue weighted by molar-refractivity contribution is 9.10. The number of hydrogen-bond donors (Lipinski definition) is 0. The first-order chi connectivity index (χ1) is 5.88. The van der Waals surface area contributed by atoms with E-state index in [2.05, 4.69) is 20.9 Å². The van der Waals surface area contributed by atoms with Crippen molar-refractivity contribution >= 4 is 25.8 Å². The molecule has 1 aromatic rings. The van der Waals surface area contributed by atoms with E-state index in [-0.39, 0.29) is 5.75 Å². The van der Waals surface area contributed by atoms with Crippen LogP contribution >= 0.6 is 15.9 Å². The Labute approximate surface area is 86.2 Å². The summed E-state index contributed by atoms with van der Waals surface area (Å²) in [5.74, 6) is 0.0469. The van der Waals surface area contributed by atoms with E-state index < -0.39 is 9.84 Å². The van der Waals surface area contributed by atoms with Crippen molar-refractivity contribution in [2.24, 2.45) is 0 Å². The Morgan fingerprint density at radius 3 is 2.69 bits per heavy atom. The number of halogens is 1. The minimum absolute atomic E-state index is 0.0469. The van der Waals surface area contributed by atoms with Crippen LogP contribution < -0.4 is 0 Å². The molecule has 0 aromatic carbocycles. The zero-order chi connectivity index (χ0) is 10.1. The summed E-state index contributed by atoms with van der Waals surface area (Å²) in [5, 5.41) is 0. The van der Waals surface area contributed by atoms with Crippen molar-refractivity contribution in [3.05, 3.63) is 28.0 Å². The third kappa shape index (κ3) is 3.44. The minimum atomic E-state index is -2.98. The van der Waals surface area contributed by atoms with Gasteiger partial charge in [0.25, 0.3) is 0 Å². The summed E-state index contributed by atoms with van der Waals surface area (Å²) in [6.45, 7) is 1.80. The number of hydrogen-bond acceptors (Lipinski definition) is 3. The van der Waals surface area contributed by atoms with E-state index in [1.165, 1.54) is 6.26 Å². The molecule has 1 rings (SSSR count). The van der Waals surface area contributed by atoms with E-state index in [9.17, 15) is 8.42 Å². The normalized spacial score (nSPS) is 11.6. The maximum absolute atomic E-state index is 11.0. The van der Waals surface area contributed by atoms with Crippen molar-refractivity contribution in [1.82, 2.24) is 4.98 Å². The molecule has 13 heavy (non-hydrogen) atoms. The van der Waals surface area contributed by atoms with Crippen LogP contribution in [0.4, 0.5) is 0 Å². The van der Waals surface area contributed by atoms with Gasteiger partial charge in [-0.3, -0.25) is 4.98 Å². The van der Waals surface area contributed by atoms with Gasteiger partial charge < -0.3 is 0 Å². The molecule has 0 amide bonds. The van der Waals surface area contributed by atoms with E-state index in [1.807, 2.05) is 0 Å². The van der Waals surface area contributed by atoms with E-state index >= 15 is 0 Å². The molecule has 3 nitrogen and oxygen atoms in total. The summed E-state index contributed by atoms with van der Waals surface area (Å²) in [6.07, 6.45) is 2.87. The fourth-order valence-corrected chi connectivity index (χ4v) is 2.21. The molecule has 0 N–H and O–H groups in total. The average molecular weight is 264 g/mol. The van der Waals surface area contributed by atoms with Gasteiger partial charge in [0.05, 0.1) is 5.75 Å². The molecule has 72 valence electrons. The topological polar surface area (TPSA) is 47.0 Å². The summed E-state index contributed by atoms with van der Waals surface area (Å²) in [5.41, 5.74) is 1.51. The molecule has 0 saturated heterocycles. The SMILES string of the molecule is Cc1ncc(Br)cc1CS(C)(=O)=O. The Kier molecular flexibility index (Phi) is 3.08. The van der Waals surface area contributed by atoms with Gasteiger partial charge in [0.2, 0.25) is 0 Å². The highest BCUT2D eigenvalue weighted by atomic mass is 79.9. The number of aryl methyl sites for hydroxylation is 1. The summed E-state index contributed by atoms with van der Waals surface area (Å²) in [7, 11) is -2.98. The second-order valence-electron chi connectivity index (χ2n) is 2.97.